The summed E-state index contributed by atoms with van der Waals surface area (Å²) in [4.78, 5) is 11.5. The average Bonchev–Trinajstić information content (AvgIpc) is 2.85. The normalized spacial score (nSPS) is 12.2. The number of hydrogen-bond acceptors (Lipinski definition) is 3. The first-order valence-corrected chi connectivity index (χ1v) is 6.56. The lowest BCUT2D eigenvalue weighted by Gasteiger charge is -2.13. The molecule has 2 rings (SSSR count). The summed E-state index contributed by atoms with van der Waals surface area (Å²) < 4.78 is 5.58. The number of aryl methyl sites for hydroxylation is 1. The number of rotatable bonds is 5. The summed E-state index contributed by atoms with van der Waals surface area (Å²) in [6.45, 7) is 5.85. The van der Waals surface area contributed by atoms with Crippen LogP contribution in [0, 0.1) is 6.92 Å². The van der Waals surface area contributed by atoms with Gasteiger partial charge in [0.25, 0.3) is 0 Å². The van der Waals surface area contributed by atoms with Crippen molar-refractivity contribution in [2.24, 2.45) is 0 Å². The molecule has 1 N–H and O–H groups in total. The summed E-state index contributed by atoms with van der Waals surface area (Å²) in [7, 11) is 0. The van der Waals surface area contributed by atoms with E-state index in [2.05, 4.69) is 5.32 Å². The SMILES string of the molecule is CCC(=O)c1ccc(NC(C)c2ccc(C)o2)cc1. The van der Waals surface area contributed by atoms with Gasteiger partial charge in [-0.25, -0.2) is 0 Å². The molecule has 0 fully saturated rings. The molecule has 1 unspecified atom stereocenters. The van der Waals surface area contributed by atoms with Gasteiger partial charge in [0.2, 0.25) is 0 Å². The van der Waals surface area contributed by atoms with Crippen LogP contribution in [0.5, 0.6) is 0 Å². The highest BCUT2D eigenvalue weighted by Crippen LogP contribution is 2.21. The number of nitrogens with one attached hydrogen (secondary N) is 1. The van der Waals surface area contributed by atoms with Crippen LogP contribution in [0.25, 0.3) is 0 Å². The minimum atomic E-state index is 0.0985. The number of Topliss-reactive ketones (excluding diaryl/α,β-unsaturated/α-hetero) is 1. The molecule has 0 saturated heterocycles. The van der Waals surface area contributed by atoms with Crippen molar-refractivity contribution in [3.8, 4) is 0 Å². The van der Waals surface area contributed by atoms with Crippen LogP contribution < -0.4 is 5.32 Å². The maximum absolute atomic E-state index is 11.5. The molecule has 3 nitrogen and oxygen atoms in total. The molecule has 100 valence electrons. The van der Waals surface area contributed by atoms with Crippen molar-refractivity contribution >= 4 is 11.5 Å². The van der Waals surface area contributed by atoms with Crippen LogP contribution in [0.1, 0.15) is 48.2 Å². The maximum atomic E-state index is 11.5. The summed E-state index contributed by atoms with van der Waals surface area (Å²) in [6.07, 6.45) is 0.537. The van der Waals surface area contributed by atoms with E-state index in [0.29, 0.717) is 6.42 Å². The molecule has 1 atom stereocenters. The summed E-state index contributed by atoms with van der Waals surface area (Å²) in [6, 6.07) is 11.6. The smallest absolute Gasteiger partial charge is 0.162 e. The van der Waals surface area contributed by atoms with Crippen LogP contribution in [0.3, 0.4) is 0 Å². The zero-order chi connectivity index (χ0) is 13.8. The van der Waals surface area contributed by atoms with Gasteiger partial charge in [-0.15, -0.1) is 0 Å². The zero-order valence-corrected chi connectivity index (χ0v) is 11.6. The first kappa shape index (κ1) is 13.4. The van der Waals surface area contributed by atoms with E-state index in [4.69, 9.17) is 4.42 Å². The zero-order valence-electron chi connectivity index (χ0n) is 11.6. The van der Waals surface area contributed by atoms with E-state index < -0.39 is 0 Å². The molecule has 0 radical (unpaired) electrons. The van der Waals surface area contributed by atoms with Crippen LogP contribution in [-0.4, -0.2) is 5.78 Å². The lowest BCUT2D eigenvalue weighted by molar-refractivity contribution is 0.0988. The monoisotopic (exact) mass is 257 g/mol. The van der Waals surface area contributed by atoms with Crippen LogP contribution >= 0.6 is 0 Å². The largest absolute Gasteiger partial charge is 0.464 e. The molecule has 0 saturated carbocycles. The molecule has 19 heavy (non-hydrogen) atoms. The molecule has 3 heteroatoms. The third-order valence-electron chi connectivity index (χ3n) is 3.10. The Labute approximate surface area is 113 Å². The Morgan fingerprint density at radius 2 is 1.89 bits per heavy atom. The van der Waals surface area contributed by atoms with Crippen LogP contribution in [-0.2, 0) is 0 Å². The second kappa shape index (κ2) is 5.74. The summed E-state index contributed by atoms with van der Waals surface area (Å²) >= 11 is 0. The Morgan fingerprint density at radius 1 is 1.21 bits per heavy atom. The molecule has 1 heterocycles. The molecule has 0 spiro atoms. The fraction of sp³-hybridized carbons (Fsp3) is 0.312. The van der Waals surface area contributed by atoms with Gasteiger partial charge in [-0.05, 0) is 50.2 Å². The third-order valence-corrected chi connectivity index (χ3v) is 3.10. The van der Waals surface area contributed by atoms with Crippen molar-refractivity contribution in [3.05, 3.63) is 53.5 Å². The van der Waals surface area contributed by atoms with Crippen LogP contribution in [0.15, 0.2) is 40.8 Å². The Balaban J connectivity index is 2.05. The average molecular weight is 257 g/mol. The third kappa shape index (κ3) is 3.25. The van der Waals surface area contributed by atoms with Gasteiger partial charge in [0.05, 0.1) is 6.04 Å². The van der Waals surface area contributed by atoms with Gasteiger partial charge >= 0.3 is 0 Å². The Hall–Kier alpha value is -2.03. The molecule has 0 amide bonds. The quantitative estimate of drug-likeness (QED) is 0.809. The van der Waals surface area contributed by atoms with Crippen LogP contribution in [0.4, 0.5) is 5.69 Å². The van der Waals surface area contributed by atoms with Crippen molar-refractivity contribution in [1.82, 2.24) is 0 Å². The highest BCUT2D eigenvalue weighted by Gasteiger charge is 2.09. The highest BCUT2D eigenvalue weighted by molar-refractivity contribution is 5.96. The van der Waals surface area contributed by atoms with E-state index in [9.17, 15) is 4.79 Å². The molecular weight excluding hydrogens is 238 g/mol. The van der Waals surface area contributed by atoms with E-state index in [-0.39, 0.29) is 11.8 Å². The molecule has 1 aromatic heterocycles. The highest BCUT2D eigenvalue weighted by atomic mass is 16.3. The van der Waals surface area contributed by atoms with E-state index in [1.165, 1.54) is 0 Å². The Kier molecular flexibility index (Phi) is 4.05. The second-order valence-corrected chi connectivity index (χ2v) is 4.67. The van der Waals surface area contributed by atoms with E-state index >= 15 is 0 Å². The van der Waals surface area contributed by atoms with Gasteiger partial charge < -0.3 is 9.73 Å². The molecule has 0 aliphatic rings. The van der Waals surface area contributed by atoms with Gasteiger partial charge in [0.15, 0.2) is 5.78 Å². The van der Waals surface area contributed by atoms with Crippen molar-refractivity contribution in [3.63, 3.8) is 0 Å². The van der Waals surface area contributed by atoms with Crippen molar-refractivity contribution in [2.45, 2.75) is 33.2 Å². The number of benzene rings is 1. The lowest BCUT2D eigenvalue weighted by atomic mass is 10.1. The molecule has 0 aliphatic carbocycles. The van der Waals surface area contributed by atoms with Crippen molar-refractivity contribution in [1.29, 1.82) is 0 Å². The molecule has 0 aliphatic heterocycles. The van der Waals surface area contributed by atoms with Crippen molar-refractivity contribution < 1.29 is 9.21 Å². The summed E-state index contributed by atoms with van der Waals surface area (Å²) in [5.41, 5.74) is 1.74. The van der Waals surface area contributed by atoms with E-state index in [1.807, 2.05) is 57.2 Å². The van der Waals surface area contributed by atoms with Crippen LogP contribution in [0.2, 0.25) is 0 Å². The number of ketones is 1. The van der Waals surface area contributed by atoms with Gasteiger partial charge in [-0.1, -0.05) is 6.92 Å². The van der Waals surface area contributed by atoms with Gasteiger partial charge in [0.1, 0.15) is 11.5 Å². The number of hydrogen-bond donors (Lipinski definition) is 1. The first-order valence-electron chi connectivity index (χ1n) is 6.56. The van der Waals surface area contributed by atoms with Gasteiger partial charge in [-0.3, -0.25) is 4.79 Å². The lowest BCUT2D eigenvalue weighted by Crippen LogP contribution is -2.06. The first-order chi connectivity index (χ1) is 9.10. The standard InChI is InChI=1S/C16H19NO2/c1-4-15(18)13-6-8-14(9-7-13)17-12(3)16-10-5-11(2)19-16/h5-10,12,17H,4H2,1-3H3. The Morgan fingerprint density at radius 3 is 2.42 bits per heavy atom. The fourth-order valence-electron chi connectivity index (χ4n) is 1.96. The second-order valence-electron chi connectivity index (χ2n) is 4.67. The predicted octanol–water partition coefficient (Wildman–Crippen LogP) is 4.35. The number of carbonyl (C=O) groups excluding carboxylic acids is 1. The van der Waals surface area contributed by atoms with Gasteiger partial charge in [-0.2, -0.15) is 0 Å². The predicted molar refractivity (Wildman–Crippen MR) is 76.5 cm³/mol. The number of carbonyl (C=O) groups is 1. The number of anilines is 1. The minimum Gasteiger partial charge on any atom is -0.464 e. The molecular formula is C16H19NO2. The topological polar surface area (TPSA) is 42.2 Å². The molecule has 0 bridgehead atoms. The van der Waals surface area contributed by atoms with E-state index in [0.717, 1.165) is 22.8 Å². The Bertz CT molecular complexity index is 554. The summed E-state index contributed by atoms with van der Waals surface area (Å²) in [5.74, 6) is 1.99. The summed E-state index contributed by atoms with van der Waals surface area (Å²) in [5, 5.41) is 3.35. The van der Waals surface area contributed by atoms with Gasteiger partial charge in [0, 0.05) is 17.7 Å². The number of furan rings is 1. The van der Waals surface area contributed by atoms with Crippen molar-refractivity contribution in [2.75, 3.05) is 5.32 Å². The maximum Gasteiger partial charge on any atom is 0.162 e. The van der Waals surface area contributed by atoms with E-state index in [1.54, 1.807) is 0 Å². The molecule has 2 aromatic rings. The fourth-order valence-corrected chi connectivity index (χ4v) is 1.96. The molecule has 1 aromatic carbocycles. The minimum absolute atomic E-state index is 0.0985.